The van der Waals surface area contributed by atoms with Gasteiger partial charge < -0.3 is 29.5 Å². The maximum Gasteiger partial charge on any atom is 0.407 e. The largest absolute Gasteiger partial charge is 0.443 e. The number of sulfonamides is 1. The summed E-state index contributed by atoms with van der Waals surface area (Å²) in [5, 5.41) is 22.6. The van der Waals surface area contributed by atoms with E-state index in [-0.39, 0.29) is 49.1 Å². The quantitative estimate of drug-likeness (QED) is 0.240. The molecule has 2 aromatic carbocycles. The third-order valence-electron chi connectivity index (χ3n) is 8.48. The first kappa shape index (κ1) is 33.1. The van der Waals surface area contributed by atoms with Gasteiger partial charge in [0.1, 0.15) is 6.10 Å². The SMILES string of the molecule is CCN(CC)c1n[nH]c2ccc(S(=O)(=O)N(CC(C)C)C[C@@H](O)[C@H](Cc3ccccc3)NC(=O)OC3CO[C@H]4OCC[C@@H]34)cc12. The van der Waals surface area contributed by atoms with Gasteiger partial charge in [0.2, 0.25) is 10.0 Å². The van der Waals surface area contributed by atoms with Gasteiger partial charge in [-0.25, -0.2) is 13.2 Å². The number of nitrogens with one attached hydrogen (secondary N) is 2. The maximum atomic E-state index is 14.2. The number of aliphatic hydroxyl groups excluding tert-OH is 1. The predicted molar refractivity (Wildman–Crippen MR) is 170 cm³/mol. The van der Waals surface area contributed by atoms with Gasteiger partial charge in [0, 0.05) is 31.6 Å². The number of fused-ring (bicyclic) bond motifs is 2. The van der Waals surface area contributed by atoms with Crippen LogP contribution in [0.1, 0.15) is 39.7 Å². The van der Waals surface area contributed by atoms with Gasteiger partial charge in [-0.05, 0) is 56.4 Å². The molecule has 13 heteroatoms. The van der Waals surface area contributed by atoms with E-state index in [0.717, 1.165) is 30.6 Å². The monoisotopic (exact) mass is 643 g/mol. The minimum atomic E-state index is -4.04. The van der Waals surface area contributed by atoms with E-state index in [1.165, 1.54) is 4.31 Å². The number of aromatic amines is 1. The molecule has 12 nitrogen and oxygen atoms in total. The fourth-order valence-electron chi connectivity index (χ4n) is 6.09. The highest BCUT2D eigenvalue weighted by Crippen LogP contribution is 2.33. The topological polar surface area (TPSA) is 146 Å². The normalized spacial score (nSPS) is 21.3. The summed E-state index contributed by atoms with van der Waals surface area (Å²) in [6.07, 6.45) is -1.74. The van der Waals surface area contributed by atoms with Crippen LogP contribution in [0.2, 0.25) is 0 Å². The number of ether oxygens (including phenoxy) is 3. The third-order valence-corrected chi connectivity index (χ3v) is 10.3. The van der Waals surface area contributed by atoms with E-state index in [4.69, 9.17) is 14.2 Å². The van der Waals surface area contributed by atoms with E-state index >= 15 is 0 Å². The highest BCUT2D eigenvalue weighted by molar-refractivity contribution is 7.89. The number of aromatic nitrogens is 2. The number of hydrogen-bond donors (Lipinski definition) is 3. The number of alkyl carbamates (subject to hydrolysis) is 1. The van der Waals surface area contributed by atoms with Crippen molar-refractivity contribution in [3.63, 3.8) is 0 Å². The lowest BCUT2D eigenvalue weighted by atomic mass is 10.0. The van der Waals surface area contributed by atoms with E-state index in [0.29, 0.717) is 17.8 Å². The second-order valence-corrected chi connectivity index (χ2v) is 14.1. The van der Waals surface area contributed by atoms with Crippen LogP contribution in [0.5, 0.6) is 0 Å². The van der Waals surface area contributed by atoms with Crippen LogP contribution in [0.25, 0.3) is 10.9 Å². The Morgan fingerprint density at radius 3 is 2.60 bits per heavy atom. The molecule has 1 unspecified atom stereocenters. The average molecular weight is 644 g/mol. The maximum absolute atomic E-state index is 14.2. The molecular formula is C32H45N5O7S. The molecule has 5 rings (SSSR count). The summed E-state index contributed by atoms with van der Waals surface area (Å²) >= 11 is 0. The molecule has 3 aromatic rings. The summed E-state index contributed by atoms with van der Waals surface area (Å²) in [6.45, 7) is 10.1. The summed E-state index contributed by atoms with van der Waals surface area (Å²) < 4.78 is 46.5. The van der Waals surface area contributed by atoms with Gasteiger partial charge in [-0.15, -0.1) is 0 Å². The number of H-pyrrole nitrogens is 1. The summed E-state index contributed by atoms with van der Waals surface area (Å²) in [5.41, 5.74) is 1.61. The highest BCUT2D eigenvalue weighted by atomic mass is 32.2. The van der Waals surface area contributed by atoms with Crippen molar-refractivity contribution < 1.29 is 32.5 Å². The fraction of sp³-hybridized carbons (Fsp3) is 0.562. The predicted octanol–water partition coefficient (Wildman–Crippen LogP) is 3.52. The Morgan fingerprint density at radius 2 is 1.89 bits per heavy atom. The summed E-state index contributed by atoms with van der Waals surface area (Å²) in [4.78, 5) is 15.3. The minimum Gasteiger partial charge on any atom is -0.443 e. The van der Waals surface area contributed by atoms with E-state index in [9.17, 15) is 18.3 Å². The van der Waals surface area contributed by atoms with Gasteiger partial charge in [-0.1, -0.05) is 44.2 Å². The molecule has 2 aliphatic rings. The zero-order valence-corrected chi connectivity index (χ0v) is 27.2. The van der Waals surface area contributed by atoms with Crippen LogP contribution >= 0.6 is 0 Å². The van der Waals surface area contributed by atoms with E-state index in [2.05, 4.69) is 20.4 Å². The van der Waals surface area contributed by atoms with Crippen molar-refractivity contribution in [2.45, 2.75) is 70.0 Å². The fourth-order valence-corrected chi connectivity index (χ4v) is 7.74. The average Bonchev–Trinajstić information content (AvgIpc) is 3.75. The number of anilines is 1. The Hall–Kier alpha value is -3.23. The van der Waals surface area contributed by atoms with Gasteiger partial charge >= 0.3 is 6.09 Å². The van der Waals surface area contributed by atoms with Crippen LogP contribution in [-0.2, 0) is 30.7 Å². The molecule has 0 spiro atoms. The molecule has 3 heterocycles. The summed E-state index contributed by atoms with van der Waals surface area (Å²) in [5.74, 6) is 0.635. The first-order valence-corrected chi connectivity index (χ1v) is 17.2. The van der Waals surface area contributed by atoms with Gasteiger partial charge in [0.25, 0.3) is 0 Å². The lowest BCUT2D eigenvalue weighted by Gasteiger charge is -2.31. The smallest absolute Gasteiger partial charge is 0.407 e. The van der Waals surface area contributed by atoms with E-state index < -0.39 is 34.4 Å². The molecule has 0 saturated carbocycles. The highest BCUT2D eigenvalue weighted by Gasteiger charge is 2.44. The van der Waals surface area contributed by atoms with Gasteiger partial charge in [-0.3, -0.25) is 5.10 Å². The minimum absolute atomic E-state index is 0.0229. The Balaban J connectivity index is 1.38. The Bertz CT molecular complexity index is 1530. The van der Waals surface area contributed by atoms with Crippen LogP contribution in [0.15, 0.2) is 53.4 Å². The second-order valence-electron chi connectivity index (χ2n) is 12.1. The first-order valence-electron chi connectivity index (χ1n) is 15.8. The summed E-state index contributed by atoms with van der Waals surface area (Å²) in [7, 11) is -4.04. The van der Waals surface area contributed by atoms with Crippen LogP contribution in [0.3, 0.4) is 0 Å². The number of carbonyl (C=O) groups excluding carboxylic acids is 1. The molecule has 45 heavy (non-hydrogen) atoms. The second kappa shape index (κ2) is 14.5. The number of nitrogens with zero attached hydrogens (tertiary/aromatic N) is 3. The van der Waals surface area contributed by atoms with Crippen LogP contribution in [0.4, 0.5) is 10.6 Å². The van der Waals surface area contributed by atoms with Crippen molar-refractivity contribution in [3.8, 4) is 0 Å². The lowest BCUT2D eigenvalue weighted by molar-refractivity contribution is -0.0907. The van der Waals surface area contributed by atoms with Crippen molar-refractivity contribution in [1.82, 2.24) is 19.8 Å². The molecule has 1 amide bonds. The number of amides is 1. The third kappa shape index (κ3) is 7.60. The van der Waals surface area contributed by atoms with Crippen molar-refractivity contribution in [1.29, 1.82) is 0 Å². The van der Waals surface area contributed by atoms with Crippen molar-refractivity contribution in [2.24, 2.45) is 11.8 Å². The lowest BCUT2D eigenvalue weighted by Crippen LogP contribution is -2.51. The van der Waals surface area contributed by atoms with Crippen LogP contribution in [-0.4, -0.2) is 98.1 Å². The van der Waals surface area contributed by atoms with Gasteiger partial charge in [0.05, 0.1) is 41.7 Å². The Labute approximate surface area is 265 Å². The van der Waals surface area contributed by atoms with E-state index in [1.807, 2.05) is 58.0 Å². The number of rotatable bonds is 14. The number of carbonyl (C=O) groups is 1. The van der Waals surface area contributed by atoms with Crippen molar-refractivity contribution >= 4 is 32.8 Å². The molecule has 2 fully saturated rings. The Morgan fingerprint density at radius 1 is 1.13 bits per heavy atom. The van der Waals surface area contributed by atoms with Crippen LogP contribution in [0, 0.1) is 11.8 Å². The number of aliphatic hydroxyl groups is 1. The van der Waals surface area contributed by atoms with Gasteiger partial charge in [0.15, 0.2) is 12.1 Å². The molecular weight excluding hydrogens is 598 g/mol. The molecule has 0 bridgehead atoms. The molecule has 5 atom stereocenters. The standard InChI is InChI=1S/C32H45N5O7S/c1-5-36(6-2)30-25-17-23(12-13-26(25)34-35-30)45(40,41)37(18-21(3)4)19-28(38)27(16-22-10-8-7-9-11-22)33-32(39)44-29-20-43-31-24(29)14-15-42-31/h7-13,17,21,24,27-29,31,38H,5-6,14-16,18-20H2,1-4H3,(H,33,39)(H,34,35)/t24-,27-,28+,29?,31+/m0/s1. The Kier molecular flexibility index (Phi) is 10.7. The molecule has 2 saturated heterocycles. The number of benzene rings is 2. The number of hydrogen-bond acceptors (Lipinski definition) is 9. The molecule has 2 aliphatic heterocycles. The van der Waals surface area contributed by atoms with E-state index in [1.54, 1.807) is 18.2 Å². The van der Waals surface area contributed by atoms with Gasteiger partial charge in [-0.2, -0.15) is 9.40 Å². The van der Waals surface area contributed by atoms with Crippen molar-refractivity contribution in [3.05, 3.63) is 54.1 Å². The molecule has 3 N–H and O–H groups in total. The molecule has 0 radical (unpaired) electrons. The van der Waals surface area contributed by atoms with Crippen molar-refractivity contribution in [2.75, 3.05) is 44.3 Å². The first-order chi connectivity index (χ1) is 21.6. The van der Waals surface area contributed by atoms with Crippen LogP contribution < -0.4 is 10.2 Å². The molecule has 246 valence electrons. The zero-order chi connectivity index (χ0) is 32.1. The molecule has 0 aliphatic carbocycles. The zero-order valence-electron chi connectivity index (χ0n) is 26.4. The molecule has 1 aromatic heterocycles. The summed E-state index contributed by atoms with van der Waals surface area (Å²) in [6, 6.07) is 13.5.